The summed E-state index contributed by atoms with van der Waals surface area (Å²) in [6.45, 7) is 3.99. The molecule has 1 saturated heterocycles. The van der Waals surface area contributed by atoms with E-state index in [0.717, 1.165) is 24.3 Å². The summed E-state index contributed by atoms with van der Waals surface area (Å²) in [6.07, 6.45) is 3.02. The summed E-state index contributed by atoms with van der Waals surface area (Å²) < 4.78 is 12.9. The van der Waals surface area contributed by atoms with Gasteiger partial charge in [-0.2, -0.15) is 0 Å². The lowest BCUT2D eigenvalue weighted by Gasteiger charge is -2.23. The summed E-state index contributed by atoms with van der Waals surface area (Å²) in [5.74, 6) is -0.677. The molecule has 0 spiro atoms. The Labute approximate surface area is 165 Å². The van der Waals surface area contributed by atoms with E-state index in [0.29, 0.717) is 18.7 Å². The van der Waals surface area contributed by atoms with Gasteiger partial charge in [0, 0.05) is 37.9 Å². The fraction of sp³-hybridized carbons (Fsp3) is 0.364. The SMILES string of the molecule is CC(=O)N(CC(=O)NCCc1ccc(F)cc1)c1ccc(N2CCCC2)cc1. The van der Waals surface area contributed by atoms with Crippen molar-refractivity contribution in [2.75, 3.05) is 36.0 Å². The average Bonchev–Trinajstić information content (AvgIpc) is 3.22. The minimum atomic E-state index is -0.277. The van der Waals surface area contributed by atoms with Crippen LogP contribution in [0.2, 0.25) is 0 Å². The maximum atomic E-state index is 12.9. The van der Waals surface area contributed by atoms with Crippen LogP contribution in [-0.2, 0) is 16.0 Å². The van der Waals surface area contributed by atoms with Crippen LogP contribution in [0.1, 0.15) is 25.3 Å². The monoisotopic (exact) mass is 383 g/mol. The van der Waals surface area contributed by atoms with Crippen molar-refractivity contribution < 1.29 is 14.0 Å². The molecule has 5 nitrogen and oxygen atoms in total. The largest absolute Gasteiger partial charge is 0.372 e. The van der Waals surface area contributed by atoms with Crippen molar-refractivity contribution in [2.24, 2.45) is 0 Å². The highest BCUT2D eigenvalue weighted by Crippen LogP contribution is 2.24. The zero-order chi connectivity index (χ0) is 19.9. The first-order valence-corrected chi connectivity index (χ1v) is 9.67. The summed E-state index contributed by atoms with van der Waals surface area (Å²) in [6, 6.07) is 14.0. The number of rotatable bonds is 7. The minimum absolute atomic E-state index is 0.0260. The van der Waals surface area contributed by atoms with Gasteiger partial charge in [-0.3, -0.25) is 9.59 Å². The standard InChI is InChI=1S/C22H26FN3O2/c1-17(27)26(21-10-8-20(9-11-21)25-14-2-3-15-25)16-22(28)24-13-12-18-4-6-19(23)7-5-18/h4-11H,2-3,12-16H2,1H3,(H,24,28). The summed E-state index contributed by atoms with van der Waals surface area (Å²) in [5.41, 5.74) is 2.81. The molecule has 0 atom stereocenters. The van der Waals surface area contributed by atoms with Gasteiger partial charge in [-0.15, -0.1) is 0 Å². The van der Waals surface area contributed by atoms with Crippen LogP contribution in [0, 0.1) is 5.82 Å². The molecule has 2 amide bonds. The third-order valence-corrected chi connectivity index (χ3v) is 4.96. The number of halogens is 1. The van der Waals surface area contributed by atoms with E-state index in [1.807, 2.05) is 24.3 Å². The number of benzene rings is 2. The molecule has 3 rings (SSSR count). The number of nitrogens with zero attached hydrogens (tertiary/aromatic N) is 2. The van der Waals surface area contributed by atoms with E-state index in [2.05, 4.69) is 10.2 Å². The van der Waals surface area contributed by atoms with E-state index in [9.17, 15) is 14.0 Å². The molecular weight excluding hydrogens is 357 g/mol. The topological polar surface area (TPSA) is 52.7 Å². The van der Waals surface area contributed by atoms with Crippen LogP contribution in [0.4, 0.5) is 15.8 Å². The molecule has 0 aliphatic carbocycles. The van der Waals surface area contributed by atoms with Crippen molar-refractivity contribution in [3.05, 3.63) is 59.9 Å². The van der Waals surface area contributed by atoms with E-state index in [1.165, 1.54) is 36.8 Å². The van der Waals surface area contributed by atoms with Crippen molar-refractivity contribution in [1.82, 2.24) is 5.32 Å². The Hall–Kier alpha value is -2.89. The predicted molar refractivity (Wildman–Crippen MR) is 109 cm³/mol. The van der Waals surface area contributed by atoms with E-state index in [-0.39, 0.29) is 24.2 Å². The van der Waals surface area contributed by atoms with Crippen LogP contribution in [0.3, 0.4) is 0 Å². The van der Waals surface area contributed by atoms with Gasteiger partial charge >= 0.3 is 0 Å². The number of nitrogens with one attached hydrogen (secondary N) is 1. The summed E-state index contributed by atoms with van der Waals surface area (Å²) in [5, 5.41) is 2.82. The lowest BCUT2D eigenvalue weighted by atomic mass is 10.1. The molecule has 148 valence electrons. The smallest absolute Gasteiger partial charge is 0.240 e. The summed E-state index contributed by atoms with van der Waals surface area (Å²) in [4.78, 5) is 28.1. The Bertz CT molecular complexity index is 800. The second-order valence-corrected chi connectivity index (χ2v) is 7.04. The van der Waals surface area contributed by atoms with Gasteiger partial charge in [0.2, 0.25) is 11.8 Å². The molecule has 0 radical (unpaired) electrons. The van der Waals surface area contributed by atoms with E-state index >= 15 is 0 Å². The maximum absolute atomic E-state index is 12.9. The molecule has 1 heterocycles. The van der Waals surface area contributed by atoms with Crippen molar-refractivity contribution >= 4 is 23.2 Å². The van der Waals surface area contributed by atoms with E-state index in [1.54, 1.807) is 12.1 Å². The summed E-state index contributed by atoms with van der Waals surface area (Å²) >= 11 is 0. The third-order valence-electron chi connectivity index (χ3n) is 4.96. The molecule has 2 aromatic carbocycles. The Kier molecular flexibility index (Phi) is 6.63. The highest BCUT2D eigenvalue weighted by molar-refractivity contribution is 5.97. The van der Waals surface area contributed by atoms with Crippen LogP contribution in [0.5, 0.6) is 0 Å². The third kappa shape index (κ3) is 5.31. The second kappa shape index (κ2) is 9.35. The summed E-state index contributed by atoms with van der Waals surface area (Å²) in [7, 11) is 0. The quantitative estimate of drug-likeness (QED) is 0.799. The molecule has 0 bridgehead atoms. The van der Waals surface area contributed by atoms with Crippen molar-refractivity contribution in [1.29, 1.82) is 0 Å². The van der Waals surface area contributed by atoms with Crippen LogP contribution >= 0.6 is 0 Å². The second-order valence-electron chi connectivity index (χ2n) is 7.04. The normalized spacial score (nSPS) is 13.4. The Morgan fingerprint density at radius 3 is 2.29 bits per heavy atom. The first-order valence-electron chi connectivity index (χ1n) is 9.67. The molecule has 1 aliphatic heterocycles. The molecule has 0 aromatic heterocycles. The van der Waals surface area contributed by atoms with Crippen molar-refractivity contribution in [2.45, 2.75) is 26.2 Å². The Morgan fingerprint density at radius 2 is 1.68 bits per heavy atom. The zero-order valence-electron chi connectivity index (χ0n) is 16.2. The van der Waals surface area contributed by atoms with Gasteiger partial charge in [0.15, 0.2) is 0 Å². The van der Waals surface area contributed by atoms with Gasteiger partial charge < -0.3 is 15.1 Å². The minimum Gasteiger partial charge on any atom is -0.372 e. The van der Waals surface area contributed by atoms with E-state index in [4.69, 9.17) is 0 Å². The predicted octanol–water partition coefficient (Wildman–Crippen LogP) is 3.14. The number of carbonyl (C=O) groups excluding carboxylic acids is 2. The number of anilines is 2. The zero-order valence-corrected chi connectivity index (χ0v) is 16.2. The van der Waals surface area contributed by atoms with Gasteiger partial charge in [0.05, 0.1) is 0 Å². The molecule has 28 heavy (non-hydrogen) atoms. The number of hydrogen-bond donors (Lipinski definition) is 1. The maximum Gasteiger partial charge on any atom is 0.240 e. The number of hydrogen-bond acceptors (Lipinski definition) is 3. The lowest BCUT2D eigenvalue weighted by Crippen LogP contribution is -2.40. The molecule has 1 aliphatic rings. The van der Waals surface area contributed by atoms with Gasteiger partial charge in [0.25, 0.3) is 0 Å². The fourth-order valence-electron chi connectivity index (χ4n) is 3.40. The number of carbonyl (C=O) groups is 2. The molecular formula is C22H26FN3O2. The average molecular weight is 383 g/mol. The molecule has 0 saturated carbocycles. The van der Waals surface area contributed by atoms with Crippen LogP contribution in [0.25, 0.3) is 0 Å². The van der Waals surface area contributed by atoms with E-state index < -0.39 is 0 Å². The molecule has 2 aromatic rings. The van der Waals surface area contributed by atoms with Crippen molar-refractivity contribution in [3.8, 4) is 0 Å². The lowest BCUT2D eigenvalue weighted by molar-refractivity contribution is -0.123. The molecule has 1 N–H and O–H groups in total. The van der Waals surface area contributed by atoms with Crippen LogP contribution in [-0.4, -0.2) is 38.0 Å². The Balaban J connectivity index is 1.53. The number of amides is 2. The molecule has 6 heteroatoms. The van der Waals surface area contributed by atoms with Crippen LogP contribution < -0.4 is 15.1 Å². The first kappa shape index (κ1) is 19.9. The van der Waals surface area contributed by atoms with Crippen LogP contribution in [0.15, 0.2) is 48.5 Å². The van der Waals surface area contributed by atoms with Gasteiger partial charge in [-0.1, -0.05) is 12.1 Å². The van der Waals surface area contributed by atoms with Gasteiger partial charge in [0.1, 0.15) is 12.4 Å². The highest BCUT2D eigenvalue weighted by Gasteiger charge is 2.17. The van der Waals surface area contributed by atoms with Crippen molar-refractivity contribution in [3.63, 3.8) is 0 Å². The van der Waals surface area contributed by atoms with Gasteiger partial charge in [-0.05, 0) is 61.2 Å². The first-order chi connectivity index (χ1) is 13.5. The molecule has 1 fully saturated rings. The Morgan fingerprint density at radius 1 is 1.04 bits per heavy atom. The fourth-order valence-corrected chi connectivity index (χ4v) is 3.40. The molecule has 0 unspecified atom stereocenters. The van der Waals surface area contributed by atoms with Gasteiger partial charge in [-0.25, -0.2) is 4.39 Å². The highest BCUT2D eigenvalue weighted by atomic mass is 19.1.